The summed E-state index contributed by atoms with van der Waals surface area (Å²) in [6, 6.07) is 7.24. The Morgan fingerprint density at radius 1 is 1.45 bits per heavy atom. The Morgan fingerprint density at radius 2 is 2.23 bits per heavy atom. The van der Waals surface area contributed by atoms with Crippen LogP contribution in [0.5, 0.6) is 5.75 Å². The molecule has 2 rings (SSSR count). The SMILES string of the molecule is CCOc1ccc(C(=O)N[C@H](C)c2ccco2)cc1[N+](=O)[O-]. The van der Waals surface area contributed by atoms with Crippen LogP contribution in [0.2, 0.25) is 0 Å². The van der Waals surface area contributed by atoms with E-state index >= 15 is 0 Å². The molecule has 1 aromatic heterocycles. The number of hydrogen-bond acceptors (Lipinski definition) is 5. The molecule has 0 saturated heterocycles. The van der Waals surface area contributed by atoms with Crippen molar-refractivity contribution in [3.05, 3.63) is 58.0 Å². The van der Waals surface area contributed by atoms with Crippen LogP contribution in [0.1, 0.15) is 36.0 Å². The van der Waals surface area contributed by atoms with Gasteiger partial charge in [0.25, 0.3) is 5.91 Å². The number of carbonyl (C=O) groups is 1. The summed E-state index contributed by atoms with van der Waals surface area (Å²) in [6.07, 6.45) is 1.51. The van der Waals surface area contributed by atoms with E-state index in [0.29, 0.717) is 12.4 Å². The summed E-state index contributed by atoms with van der Waals surface area (Å²) in [7, 11) is 0. The van der Waals surface area contributed by atoms with Gasteiger partial charge in [0.15, 0.2) is 5.75 Å². The van der Waals surface area contributed by atoms with Crippen LogP contribution in [-0.4, -0.2) is 17.4 Å². The highest BCUT2D eigenvalue weighted by molar-refractivity contribution is 5.95. The minimum atomic E-state index is -0.572. The third kappa shape index (κ3) is 3.43. The molecule has 0 radical (unpaired) electrons. The monoisotopic (exact) mass is 304 g/mol. The second-order valence-electron chi connectivity index (χ2n) is 4.58. The molecule has 0 aliphatic rings. The topological polar surface area (TPSA) is 94.6 Å². The van der Waals surface area contributed by atoms with Crippen LogP contribution in [-0.2, 0) is 0 Å². The maximum atomic E-state index is 12.2. The van der Waals surface area contributed by atoms with E-state index in [-0.39, 0.29) is 23.0 Å². The first kappa shape index (κ1) is 15.6. The van der Waals surface area contributed by atoms with Crippen LogP contribution in [0.25, 0.3) is 0 Å². The maximum Gasteiger partial charge on any atom is 0.311 e. The van der Waals surface area contributed by atoms with Crippen LogP contribution in [0.4, 0.5) is 5.69 Å². The predicted molar refractivity (Wildman–Crippen MR) is 78.9 cm³/mol. The average molecular weight is 304 g/mol. The highest BCUT2D eigenvalue weighted by Gasteiger charge is 2.20. The molecule has 0 spiro atoms. The Kier molecular flexibility index (Phi) is 4.77. The van der Waals surface area contributed by atoms with E-state index in [1.54, 1.807) is 26.0 Å². The molecule has 2 aromatic rings. The lowest BCUT2D eigenvalue weighted by Gasteiger charge is -2.12. The van der Waals surface area contributed by atoms with E-state index in [1.807, 2.05) is 0 Å². The fourth-order valence-corrected chi connectivity index (χ4v) is 1.97. The van der Waals surface area contributed by atoms with Crippen LogP contribution < -0.4 is 10.1 Å². The number of hydrogen-bond donors (Lipinski definition) is 1. The van der Waals surface area contributed by atoms with Crippen LogP contribution >= 0.6 is 0 Å². The van der Waals surface area contributed by atoms with E-state index in [9.17, 15) is 14.9 Å². The van der Waals surface area contributed by atoms with Gasteiger partial charge in [-0.25, -0.2) is 0 Å². The lowest BCUT2D eigenvalue weighted by Crippen LogP contribution is -2.26. The number of nitro groups is 1. The Bertz CT molecular complexity index is 667. The maximum absolute atomic E-state index is 12.2. The first-order chi connectivity index (χ1) is 10.5. The van der Waals surface area contributed by atoms with Crippen molar-refractivity contribution in [3.8, 4) is 5.75 Å². The summed E-state index contributed by atoms with van der Waals surface area (Å²) in [4.78, 5) is 22.7. The average Bonchev–Trinajstić information content (AvgIpc) is 3.02. The van der Waals surface area contributed by atoms with Crippen molar-refractivity contribution in [2.24, 2.45) is 0 Å². The van der Waals surface area contributed by atoms with Gasteiger partial charge in [0.1, 0.15) is 5.76 Å². The van der Waals surface area contributed by atoms with E-state index in [2.05, 4.69) is 5.32 Å². The summed E-state index contributed by atoms with van der Waals surface area (Å²) in [5, 5.41) is 13.8. The van der Waals surface area contributed by atoms with Crippen molar-refractivity contribution in [1.29, 1.82) is 0 Å². The van der Waals surface area contributed by atoms with Gasteiger partial charge < -0.3 is 14.5 Å². The molecule has 0 aliphatic heterocycles. The molecule has 0 fully saturated rings. The van der Waals surface area contributed by atoms with Gasteiger partial charge in [0, 0.05) is 11.6 Å². The fraction of sp³-hybridized carbons (Fsp3) is 0.267. The molecular weight excluding hydrogens is 288 g/mol. The van der Waals surface area contributed by atoms with Crippen molar-refractivity contribution in [1.82, 2.24) is 5.32 Å². The third-order valence-electron chi connectivity index (χ3n) is 3.04. The van der Waals surface area contributed by atoms with E-state index in [0.717, 1.165) is 0 Å². The quantitative estimate of drug-likeness (QED) is 0.653. The van der Waals surface area contributed by atoms with Gasteiger partial charge in [0.2, 0.25) is 0 Å². The van der Waals surface area contributed by atoms with Gasteiger partial charge in [-0.05, 0) is 38.1 Å². The number of benzene rings is 1. The zero-order chi connectivity index (χ0) is 16.1. The molecule has 7 heteroatoms. The molecule has 0 aliphatic carbocycles. The van der Waals surface area contributed by atoms with Gasteiger partial charge in [0.05, 0.1) is 23.8 Å². The molecule has 7 nitrogen and oxygen atoms in total. The molecule has 0 unspecified atom stereocenters. The molecule has 1 N–H and O–H groups in total. The second kappa shape index (κ2) is 6.75. The molecule has 1 heterocycles. The number of amides is 1. The molecule has 1 atom stereocenters. The molecular formula is C15H16N2O5. The van der Waals surface area contributed by atoms with Crippen molar-refractivity contribution in [2.45, 2.75) is 19.9 Å². The first-order valence-electron chi connectivity index (χ1n) is 6.78. The number of nitrogens with zero attached hydrogens (tertiary/aromatic N) is 1. The number of carbonyl (C=O) groups excluding carboxylic acids is 1. The fourth-order valence-electron chi connectivity index (χ4n) is 1.97. The third-order valence-corrected chi connectivity index (χ3v) is 3.04. The van der Waals surface area contributed by atoms with E-state index < -0.39 is 10.8 Å². The zero-order valence-electron chi connectivity index (χ0n) is 12.2. The minimum absolute atomic E-state index is 0.142. The highest BCUT2D eigenvalue weighted by Crippen LogP contribution is 2.28. The van der Waals surface area contributed by atoms with Gasteiger partial charge >= 0.3 is 5.69 Å². The van der Waals surface area contributed by atoms with Gasteiger partial charge in [-0.1, -0.05) is 0 Å². The molecule has 1 aromatic carbocycles. The molecule has 22 heavy (non-hydrogen) atoms. The molecule has 1 amide bonds. The zero-order valence-corrected chi connectivity index (χ0v) is 12.2. The Balaban J connectivity index is 2.19. The number of nitro benzene ring substituents is 1. The molecule has 116 valence electrons. The van der Waals surface area contributed by atoms with E-state index in [1.165, 1.54) is 24.5 Å². The van der Waals surface area contributed by atoms with Crippen molar-refractivity contribution < 1.29 is 18.9 Å². The summed E-state index contributed by atoms with van der Waals surface area (Å²) < 4.78 is 10.4. The Labute approximate surface area is 127 Å². The van der Waals surface area contributed by atoms with Crippen molar-refractivity contribution >= 4 is 11.6 Å². The minimum Gasteiger partial charge on any atom is -0.487 e. The second-order valence-corrected chi connectivity index (χ2v) is 4.58. The number of furan rings is 1. The smallest absolute Gasteiger partial charge is 0.311 e. The standard InChI is InChI=1S/C15H16N2O5/c1-3-21-14-7-6-11(9-12(14)17(19)20)15(18)16-10(2)13-5-4-8-22-13/h4-10H,3H2,1-2H3,(H,16,18)/t10-/m1/s1. The van der Waals surface area contributed by atoms with Crippen LogP contribution in [0.15, 0.2) is 41.0 Å². The number of rotatable bonds is 6. The lowest BCUT2D eigenvalue weighted by atomic mass is 10.1. The summed E-state index contributed by atoms with van der Waals surface area (Å²) in [5.41, 5.74) is -0.0475. The lowest BCUT2D eigenvalue weighted by molar-refractivity contribution is -0.385. The van der Waals surface area contributed by atoms with Gasteiger partial charge in [-0.2, -0.15) is 0 Å². The molecule has 0 bridgehead atoms. The van der Waals surface area contributed by atoms with E-state index in [4.69, 9.17) is 9.15 Å². The van der Waals surface area contributed by atoms with Crippen molar-refractivity contribution in [3.63, 3.8) is 0 Å². The van der Waals surface area contributed by atoms with Gasteiger partial charge in [-0.3, -0.25) is 14.9 Å². The number of ether oxygens (including phenoxy) is 1. The first-order valence-corrected chi connectivity index (χ1v) is 6.78. The summed E-state index contributed by atoms with van der Waals surface area (Å²) >= 11 is 0. The normalized spacial score (nSPS) is 11.7. The van der Waals surface area contributed by atoms with Crippen LogP contribution in [0, 0.1) is 10.1 Å². The Morgan fingerprint density at radius 3 is 2.82 bits per heavy atom. The Hall–Kier alpha value is -2.83. The largest absolute Gasteiger partial charge is 0.487 e. The molecule has 0 saturated carbocycles. The predicted octanol–water partition coefficient (Wildman–Crippen LogP) is 3.08. The summed E-state index contributed by atoms with van der Waals surface area (Å²) in [6.45, 7) is 3.80. The number of nitrogens with one attached hydrogen (secondary N) is 1. The van der Waals surface area contributed by atoms with Crippen LogP contribution in [0.3, 0.4) is 0 Å². The summed E-state index contributed by atoms with van der Waals surface area (Å²) in [5.74, 6) is 0.326. The highest BCUT2D eigenvalue weighted by atomic mass is 16.6. The van der Waals surface area contributed by atoms with Gasteiger partial charge in [-0.15, -0.1) is 0 Å². The van der Waals surface area contributed by atoms with Crippen molar-refractivity contribution in [2.75, 3.05) is 6.61 Å².